The highest BCUT2D eigenvalue weighted by atomic mass is 16.5. The smallest absolute Gasteiger partial charge is 0.236 e. The Morgan fingerprint density at radius 2 is 2.00 bits per heavy atom. The van der Waals surface area contributed by atoms with Crippen LogP contribution < -0.4 is 4.74 Å². The van der Waals surface area contributed by atoms with Gasteiger partial charge in [-0.25, -0.2) is 0 Å². The Balaban J connectivity index is 3.13. The summed E-state index contributed by atoms with van der Waals surface area (Å²) in [6.45, 7) is 6.44. The lowest BCUT2D eigenvalue weighted by Gasteiger charge is -2.16. The average molecular weight is 168 g/mol. The first kappa shape index (κ1) is 9.10. The van der Waals surface area contributed by atoms with Crippen LogP contribution >= 0.6 is 0 Å². The fourth-order valence-corrected chi connectivity index (χ4v) is 1.13. The Labute approximate surface area is 73.3 Å². The van der Waals surface area contributed by atoms with Gasteiger partial charge in [0.25, 0.3) is 0 Å². The molecular formula is C9H16N2O. The van der Waals surface area contributed by atoms with Crippen LogP contribution in [0, 0.1) is 0 Å². The molecule has 0 atom stereocenters. The number of hydrogen-bond acceptors (Lipinski definition) is 2. The van der Waals surface area contributed by atoms with Crippen molar-refractivity contribution in [3.05, 3.63) is 11.8 Å². The Bertz CT molecular complexity index is 271. The van der Waals surface area contributed by atoms with Crippen molar-refractivity contribution in [2.45, 2.75) is 26.2 Å². The van der Waals surface area contributed by atoms with Crippen molar-refractivity contribution in [2.24, 2.45) is 7.05 Å². The highest BCUT2D eigenvalue weighted by Gasteiger charge is 2.21. The predicted octanol–water partition coefficient (Wildman–Crippen LogP) is 1.73. The van der Waals surface area contributed by atoms with E-state index >= 15 is 0 Å². The molecule has 0 bridgehead atoms. The summed E-state index contributed by atoms with van der Waals surface area (Å²) in [5.74, 6) is 0.727. The van der Waals surface area contributed by atoms with Crippen molar-refractivity contribution >= 4 is 0 Å². The van der Waals surface area contributed by atoms with Gasteiger partial charge in [0.05, 0.1) is 7.11 Å². The van der Waals surface area contributed by atoms with E-state index in [4.69, 9.17) is 4.74 Å². The summed E-state index contributed by atoms with van der Waals surface area (Å²) in [6.07, 6.45) is 2.00. The first-order valence-electron chi connectivity index (χ1n) is 4.03. The Kier molecular flexibility index (Phi) is 2.13. The molecule has 3 heteroatoms. The molecule has 1 aromatic heterocycles. The van der Waals surface area contributed by atoms with Crippen LogP contribution in [0.3, 0.4) is 0 Å². The van der Waals surface area contributed by atoms with Gasteiger partial charge in [-0.2, -0.15) is 0 Å². The van der Waals surface area contributed by atoms with E-state index in [1.807, 2.05) is 13.2 Å². The number of methoxy groups -OCH3 is 1. The zero-order valence-electron chi connectivity index (χ0n) is 8.38. The maximum Gasteiger partial charge on any atom is 0.236 e. The van der Waals surface area contributed by atoms with E-state index in [2.05, 4.69) is 25.9 Å². The number of hydrogen-bond donors (Lipinski definition) is 0. The minimum Gasteiger partial charge on any atom is -0.480 e. The van der Waals surface area contributed by atoms with Gasteiger partial charge in [-0.1, -0.05) is 20.8 Å². The van der Waals surface area contributed by atoms with Gasteiger partial charge in [0, 0.05) is 18.8 Å². The van der Waals surface area contributed by atoms with E-state index in [-0.39, 0.29) is 5.41 Å². The molecule has 0 aliphatic rings. The molecule has 0 unspecified atom stereocenters. The first-order valence-corrected chi connectivity index (χ1v) is 4.03. The maximum atomic E-state index is 5.16. The third kappa shape index (κ3) is 1.60. The Morgan fingerprint density at radius 3 is 2.33 bits per heavy atom. The fraction of sp³-hybridized carbons (Fsp3) is 0.667. The minimum absolute atomic E-state index is 0.0968. The molecule has 0 radical (unpaired) electrons. The standard InChI is InChI=1S/C9H16N2O/c1-9(2,3)7-6-11(4)10-8(7)12-5/h6H,1-5H3. The summed E-state index contributed by atoms with van der Waals surface area (Å²) in [5.41, 5.74) is 1.24. The second kappa shape index (κ2) is 2.81. The highest BCUT2D eigenvalue weighted by molar-refractivity contribution is 5.30. The van der Waals surface area contributed by atoms with Crippen molar-refractivity contribution in [1.82, 2.24) is 9.78 Å². The average Bonchev–Trinajstić information content (AvgIpc) is 2.29. The molecule has 0 fully saturated rings. The van der Waals surface area contributed by atoms with Crippen LogP contribution in [0.5, 0.6) is 5.88 Å². The summed E-state index contributed by atoms with van der Waals surface area (Å²) in [5, 5.41) is 4.19. The molecular weight excluding hydrogens is 152 g/mol. The van der Waals surface area contributed by atoms with Gasteiger partial charge < -0.3 is 4.74 Å². The zero-order valence-corrected chi connectivity index (χ0v) is 8.38. The first-order chi connectivity index (χ1) is 5.45. The molecule has 0 amide bonds. The monoisotopic (exact) mass is 168 g/mol. The van der Waals surface area contributed by atoms with Crippen LogP contribution in [0.4, 0.5) is 0 Å². The van der Waals surface area contributed by atoms with E-state index in [1.54, 1.807) is 11.8 Å². The summed E-state index contributed by atoms with van der Waals surface area (Å²) in [6, 6.07) is 0. The quantitative estimate of drug-likeness (QED) is 0.638. The Hall–Kier alpha value is -0.990. The van der Waals surface area contributed by atoms with Crippen molar-refractivity contribution in [3.63, 3.8) is 0 Å². The lowest BCUT2D eigenvalue weighted by atomic mass is 9.89. The molecule has 0 spiro atoms. The van der Waals surface area contributed by atoms with E-state index in [1.165, 1.54) is 0 Å². The third-order valence-electron chi connectivity index (χ3n) is 1.80. The van der Waals surface area contributed by atoms with Crippen molar-refractivity contribution in [3.8, 4) is 5.88 Å². The van der Waals surface area contributed by atoms with Crippen LogP contribution in [-0.4, -0.2) is 16.9 Å². The molecule has 0 N–H and O–H groups in total. The summed E-state index contributed by atoms with van der Waals surface area (Å²) >= 11 is 0. The van der Waals surface area contributed by atoms with Crippen molar-refractivity contribution in [2.75, 3.05) is 7.11 Å². The second-order valence-electron chi connectivity index (χ2n) is 3.98. The fourth-order valence-electron chi connectivity index (χ4n) is 1.13. The van der Waals surface area contributed by atoms with Crippen LogP contribution in [0.1, 0.15) is 26.3 Å². The molecule has 0 aliphatic carbocycles. The topological polar surface area (TPSA) is 27.1 Å². The van der Waals surface area contributed by atoms with Gasteiger partial charge in [-0.15, -0.1) is 5.10 Å². The number of nitrogens with zero attached hydrogens (tertiary/aromatic N) is 2. The lowest BCUT2D eigenvalue weighted by molar-refractivity contribution is 0.379. The number of rotatable bonds is 1. The lowest BCUT2D eigenvalue weighted by Crippen LogP contribution is -2.11. The number of ether oxygens (including phenoxy) is 1. The van der Waals surface area contributed by atoms with Crippen LogP contribution in [-0.2, 0) is 12.5 Å². The van der Waals surface area contributed by atoms with Gasteiger partial charge in [0.1, 0.15) is 0 Å². The van der Waals surface area contributed by atoms with Crippen LogP contribution in [0.2, 0.25) is 0 Å². The van der Waals surface area contributed by atoms with E-state index in [0.29, 0.717) is 0 Å². The molecule has 0 aromatic carbocycles. The molecule has 0 aliphatic heterocycles. The largest absolute Gasteiger partial charge is 0.480 e. The van der Waals surface area contributed by atoms with Crippen LogP contribution in [0.25, 0.3) is 0 Å². The van der Waals surface area contributed by atoms with Gasteiger partial charge in [-0.05, 0) is 5.41 Å². The molecule has 12 heavy (non-hydrogen) atoms. The Morgan fingerprint density at radius 1 is 1.42 bits per heavy atom. The van der Waals surface area contributed by atoms with Gasteiger partial charge >= 0.3 is 0 Å². The number of aromatic nitrogens is 2. The molecule has 68 valence electrons. The second-order valence-corrected chi connectivity index (χ2v) is 3.98. The maximum absolute atomic E-state index is 5.16. The van der Waals surface area contributed by atoms with Gasteiger partial charge in [0.2, 0.25) is 5.88 Å². The van der Waals surface area contributed by atoms with Crippen LogP contribution in [0.15, 0.2) is 6.20 Å². The van der Waals surface area contributed by atoms with E-state index in [0.717, 1.165) is 11.4 Å². The molecule has 3 nitrogen and oxygen atoms in total. The summed E-state index contributed by atoms with van der Waals surface area (Å²) < 4.78 is 6.94. The summed E-state index contributed by atoms with van der Waals surface area (Å²) in [4.78, 5) is 0. The van der Waals surface area contributed by atoms with E-state index < -0.39 is 0 Å². The van der Waals surface area contributed by atoms with Crippen molar-refractivity contribution in [1.29, 1.82) is 0 Å². The molecule has 1 aromatic rings. The molecule has 1 rings (SSSR count). The minimum atomic E-state index is 0.0968. The molecule has 1 heterocycles. The highest BCUT2D eigenvalue weighted by Crippen LogP contribution is 2.29. The third-order valence-corrected chi connectivity index (χ3v) is 1.80. The van der Waals surface area contributed by atoms with Crippen molar-refractivity contribution < 1.29 is 4.74 Å². The summed E-state index contributed by atoms with van der Waals surface area (Å²) in [7, 11) is 3.55. The van der Waals surface area contributed by atoms with Gasteiger partial charge in [-0.3, -0.25) is 4.68 Å². The SMILES string of the molecule is COc1nn(C)cc1C(C)(C)C. The number of aryl methyl sites for hydroxylation is 1. The van der Waals surface area contributed by atoms with Gasteiger partial charge in [0.15, 0.2) is 0 Å². The molecule has 0 saturated heterocycles. The predicted molar refractivity (Wildman–Crippen MR) is 48.5 cm³/mol. The van der Waals surface area contributed by atoms with E-state index in [9.17, 15) is 0 Å². The zero-order chi connectivity index (χ0) is 9.35. The molecule has 0 saturated carbocycles. The normalized spacial score (nSPS) is 11.8.